The molecule has 0 spiro atoms. The molecule has 2 aliphatic rings. The fourth-order valence-corrected chi connectivity index (χ4v) is 5.12. The smallest absolute Gasteiger partial charge is 0.264 e. The first-order valence-corrected chi connectivity index (χ1v) is 12.1. The van der Waals surface area contributed by atoms with Crippen molar-refractivity contribution >= 4 is 17.5 Å². The molecule has 6 nitrogen and oxygen atoms in total. The Bertz CT molecular complexity index is 1250. The summed E-state index contributed by atoms with van der Waals surface area (Å²) in [5.74, 6) is 1.28. The van der Waals surface area contributed by atoms with Crippen LogP contribution in [0.2, 0.25) is 0 Å². The summed E-state index contributed by atoms with van der Waals surface area (Å²) in [6.07, 6.45) is 2.70. The van der Waals surface area contributed by atoms with Gasteiger partial charge in [0.25, 0.3) is 5.91 Å². The minimum absolute atomic E-state index is 0.00786. The van der Waals surface area contributed by atoms with Crippen molar-refractivity contribution in [2.75, 3.05) is 12.4 Å². The van der Waals surface area contributed by atoms with E-state index in [2.05, 4.69) is 23.5 Å². The number of aryl methyl sites for hydroxylation is 1. The summed E-state index contributed by atoms with van der Waals surface area (Å²) >= 11 is 0. The molecule has 1 heterocycles. The maximum Gasteiger partial charge on any atom is 0.264 e. The molecule has 2 atom stereocenters. The summed E-state index contributed by atoms with van der Waals surface area (Å²) in [5.41, 5.74) is 5.00. The summed E-state index contributed by atoms with van der Waals surface area (Å²) in [4.78, 5) is 28.0. The third-order valence-electron chi connectivity index (χ3n) is 6.83. The van der Waals surface area contributed by atoms with Crippen LogP contribution in [0.1, 0.15) is 48.1 Å². The third-order valence-corrected chi connectivity index (χ3v) is 6.83. The van der Waals surface area contributed by atoms with Gasteiger partial charge in [-0.05, 0) is 73.2 Å². The van der Waals surface area contributed by atoms with Gasteiger partial charge in [0, 0.05) is 11.3 Å². The van der Waals surface area contributed by atoms with Crippen LogP contribution >= 0.6 is 0 Å². The highest BCUT2D eigenvalue weighted by Crippen LogP contribution is 2.38. The van der Waals surface area contributed by atoms with Gasteiger partial charge in [-0.1, -0.05) is 36.4 Å². The van der Waals surface area contributed by atoms with Gasteiger partial charge in [-0.15, -0.1) is 0 Å². The lowest BCUT2D eigenvalue weighted by Crippen LogP contribution is -2.41. The van der Waals surface area contributed by atoms with Crippen molar-refractivity contribution in [3.8, 4) is 11.5 Å². The zero-order valence-electron chi connectivity index (χ0n) is 20.1. The molecule has 3 aromatic rings. The highest BCUT2D eigenvalue weighted by molar-refractivity contribution is 5.92. The number of methoxy groups -OCH3 is 1. The van der Waals surface area contributed by atoms with Crippen LogP contribution in [-0.4, -0.2) is 29.9 Å². The van der Waals surface area contributed by atoms with Crippen molar-refractivity contribution in [1.29, 1.82) is 0 Å². The molecule has 0 unspecified atom stereocenters. The first kappa shape index (κ1) is 23.0. The quantitative estimate of drug-likeness (QED) is 0.566. The van der Waals surface area contributed by atoms with Gasteiger partial charge in [0.1, 0.15) is 11.5 Å². The molecule has 3 aromatic carbocycles. The van der Waals surface area contributed by atoms with Gasteiger partial charge in [0.15, 0.2) is 6.10 Å². The molecule has 35 heavy (non-hydrogen) atoms. The third kappa shape index (κ3) is 4.87. The maximum atomic E-state index is 13.4. The van der Waals surface area contributed by atoms with E-state index >= 15 is 0 Å². The Hall–Kier alpha value is -3.80. The van der Waals surface area contributed by atoms with Gasteiger partial charge in [0.2, 0.25) is 5.91 Å². The lowest BCUT2D eigenvalue weighted by Gasteiger charge is -2.35. The molecule has 0 radical (unpaired) electrons. The van der Waals surface area contributed by atoms with Crippen LogP contribution in [0, 0.1) is 0 Å². The van der Waals surface area contributed by atoms with E-state index in [0.29, 0.717) is 18.0 Å². The second-order valence-corrected chi connectivity index (χ2v) is 9.23. The van der Waals surface area contributed by atoms with E-state index in [1.54, 1.807) is 7.11 Å². The van der Waals surface area contributed by atoms with Crippen molar-refractivity contribution in [2.24, 2.45) is 0 Å². The highest BCUT2D eigenvalue weighted by atomic mass is 16.5. The Morgan fingerprint density at radius 3 is 2.80 bits per heavy atom. The second-order valence-electron chi connectivity index (χ2n) is 9.23. The number of amides is 2. The Morgan fingerprint density at radius 1 is 1.09 bits per heavy atom. The molecular weight excluding hydrogens is 440 g/mol. The number of hydrogen-bond acceptors (Lipinski definition) is 4. The molecule has 0 saturated heterocycles. The van der Waals surface area contributed by atoms with Gasteiger partial charge in [-0.3, -0.25) is 9.59 Å². The van der Waals surface area contributed by atoms with E-state index in [-0.39, 0.29) is 24.3 Å². The highest BCUT2D eigenvalue weighted by Gasteiger charge is 2.35. The minimum atomic E-state index is -0.571. The molecule has 0 saturated carbocycles. The topological polar surface area (TPSA) is 67.9 Å². The van der Waals surface area contributed by atoms with Gasteiger partial charge in [-0.2, -0.15) is 0 Å². The number of carbonyl (C=O) groups excluding carboxylic acids is 2. The molecule has 5 rings (SSSR count). The number of anilines is 1. The number of ether oxygens (including phenoxy) is 2. The van der Waals surface area contributed by atoms with Crippen molar-refractivity contribution in [3.63, 3.8) is 0 Å². The molecular formula is C29H30N2O4. The maximum absolute atomic E-state index is 13.4. The number of fused-ring (bicyclic) bond motifs is 2. The Balaban J connectivity index is 1.37. The number of rotatable bonds is 5. The molecule has 1 N–H and O–H groups in total. The van der Waals surface area contributed by atoms with Crippen molar-refractivity contribution in [2.45, 2.75) is 51.3 Å². The van der Waals surface area contributed by atoms with E-state index in [9.17, 15) is 9.59 Å². The molecule has 0 bridgehead atoms. The normalized spacial score (nSPS) is 19.1. The largest absolute Gasteiger partial charge is 0.497 e. The van der Waals surface area contributed by atoms with Gasteiger partial charge < -0.3 is 19.7 Å². The second kappa shape index (κ2) is 9.82. The molecule has 0 aromatic heterocycles. The number of benzene rings is 3. The molecule has 2 amide bonds. The molecule has 1 aliphatic heterocycles. The van der Waals surface area contributed by atoms with Crippen LogP contribution in [0.15, 0.2) is 66.7 Å². The summed E-state index contributed by atoms with van der Waals surface area (Å²) in [5, 5.41) is 2.99. The minimum Gasteiger partial charge on any atom is -0.497 e. The lowest BCUT2D eigenvalue weighted by molar-refractivity contribution is -0.140. The summed E-state index contributed by atoms with van der Waals surface area (Å²) in [6.45, 7) is 2.25. The fraction of sp³-hybridized carbons (Fsp3) is 0.310. The van der Waals surface area contributed by atoms with Crippen LogP contribution in [0.25, 0.3) is 0 Å². The van der Waals surface area contributed by atoms with E-state index in [1.165, 1.54) is 11.1 Å². The molecule has 1 aliphatic carbocycles. The summed E-state index contributed by atoms with van der Waals surface area (Å²) in [7, 11) is 1.61. The predicted octanol–water partition coefficient (Wildman–Crippen LogP) is 5.06. The lowest BCUT2D eigenvalue weighted by atomic mass is 9.86. The zero-order chi connectivity index (χ0) is 24.4. The van der Waals surface area contributed by atoms with E-state index in [4.69, 9.17) is 9.47 Å². The first-order chi connectivity index (χ1) is 17.0. The van der Waals surface area contributed by atoms with Crippen LogP contribution < -0.4 is 14.8 Å². The molecule has 180 valence electrons. The molecule has 0 fully saturated rings. The predicted molar refractivity (Wildman–Crippen MR) is 135 cm³/mol. The average Bonchev–Trinajstić information content (AvgIpc) is 2.99. The average molecular weight is 471 g/mol. The number of nitrogens with one attached hydrogen (secondary N) is 1. The first-order valence-electron chi connectivity index (χ1n) is 12.1. The van der Waals surface area contributed by atoms with Crippen molar-refractivity contribution < 1.29 is 19.1 Å². The van der Waals surface area contributed by atoms with Gasteiger partial charge in [0.05, 0.1) is 26.1 Å². The van der Waals surface area contributed by atoms with Crippen molar-refractivity contribution in [3.05, 3.63) is 89.0 Å². The SMILES string of the molecule is COc1cccc(CC(=O)Nc2ccc3c(c2)CN([C@@H]2CCCc4ccccc42)C(=O)[C@@H](C)O3)c1. The van der Waals surface area contributed by atoms with E-state index < -0.39 is 6.10 Å². The standard InChI is InChI=1S/C29H30N2O4/c1-19-29(33)31(26-12-6-9-21-8-3-4-11-25(21)26)18-22-17-23(13-14-27(22)35-19)30-28(32)16-20-7-5-10-24(15-20)34-2/h3-5,7-8,10-11,13-15,17,19,26H,6,9,12,16,18H2,1-2H3,(H,30,32)/t19-,26-/m1/s1. The summed E-state index contributed by atoms with van der Waals surface area (Å²) < 4.78 is 11.3. The monoisotopic (exact) mass is 470 g/mol. The Morgan fingerprint density at radius 2 is 1.94 bits per heavy atom. The number of carbonyl (C=O) groups is 2. The van der Waals surface area contributed by atoms with Crippen LogP contribution in [-0.2, 0) is 29.0 Å². The summed E-state index contributed by atoms with van der Waals surface area (Å²) in [6, 6.07) is 21.5. The van der Waals surface area contributed by atoms with Gasteiger partial charge in [-0.25, -0.2) is 0 Å². The fourth-order valence-electron chi connectivity index (χ4n) is 5.12. The number of hydrogen-bond donors (Lipinski definition) is 1. The zero-order valence-corrected chi connectivity index (χ0v) is 20.1. The van der Waals surface area contributed by atoms with E-state index in [1.807, 2.05) is 60.4 Å². The van der Waals surface area contributed by atoms with Gasteiger partial charge >= 0.3 is 0 Å². The number of nitrogens with zero attached hydrogens (tertiary/aromatic N) is 1. The van der Waals surface area contributed by atoms with Crippen molar-refractivity contribution in [1.82, 2.24) is 4.90 Å². The van der Waals surface area contributed by atoms with E-state index in [0.717, 1.165) is 36.1 Å². The Kier molecular flexibility index (Phi) is 6.45. The molecule has 6 heteroatoms. The van der Waals surface area contributed by atoms with Crippen LogP contribution in [0.3, 0.4) is 0 Å². The van der Waals surface area contributed by atoms with Crippen LogP contribution in [0.5, 0.6) is 11.5 Å². The van der Waals surface area contributed by atoms with Crippen LogP contribution in [0.4, 0.5) is 5.69 Å². The Labute approximate surface area is 205 Å².